The van der Waals surface area contributed by atoms with Gasteiger partial charge in [-0.25, -0.2) is 0 Å². The molecule has 2 rings (SSSR count). The molecule has 3 nitrogen and oxygen atoms in total. The zero-order valence-electron chi connectivity index (χ0n) is 11.3. The quantitative estimate of drug-likeness (QED) is 0.758. The van der Waals surface area contributed by atoms with Crippen molar-refractivity contribution in [3.63, 3.8) is 0 Å². The average molecular weight is 238 g/mol. The van der Waals surface area contributed by atoms with E-state index in [2.05, 4.69) is 24.1 Å². The van der Waals surface area contributed by atoms with Crippen molar-refractivity contribution in [3.8, 4) is 0 Å². The first-order valence-corrected chi connectivity index (χ1v) is 7.08. The highest BCUT2D eigenvalue weighted by molar-refractivity contribution is 5.79. The van der Waals surface area contributed by atoms with Crippen LogP contribution in [0.25, 0.3) is 0 Å². The van der Waals surface area contributed by atoms with Crippen LogP contribution in [0.4, 0.5) is 0 Å². The summed E-state index contributed by atoms with van der Waals surface area (Å²) in [4.78, 5) is 14.5. The molecule has 2 heterocycles. The number of hydrogen-bond donors (Lipinski definition) is 1. The summed E-state index contributed by atoms with van der Waals surface area (Å²) in [5, 5.41) is 3.34. The van der Waals surface area contributed by atoms with Gasteiger partial charge < -0.3 is 10.2 Å². The van der Waals surface area contributed by atoms with Crippen LogP contribution in [-0.2, 0) is 4.79 Å². The Morgan fingerprint density at radius 3 is 2.76 bits per heavy atom. The molecule has 0 saturated carbocycles. The van der Waals surface area contributed by atoms with Crippen molar-refractivity contribution < 1.29 is 4.79 Å². The Bertz CT molecular complexity index is 269. The molecule has 1 N–H and O–H groups in total. The molecule has 17 heavy (non-hydrogen) atoms. The molecule has 0 bridgehead atoms. The average Bonchev–Trinajstić information content (AvgIpc) is 2.50. The Morgan fingerprint density at radius 2 is 2.06 bits per heavy atom. The van der Waals surface area contributed by atoms with Gasteiger partial charge >= 0.3 is 0 Å². The van der Waals surface area contributed by atoms with E-state index in [0.29, 0.717) is 11.3 Å². The number of amides is 1. The second-order valence-corrected chi connectivity index (χ2v) is 6.39. The van der Waals surface area contributed by atoms with E-state index in [4.69, 9.17) is 0 Å². The zero-order valence-corrected chi connectivity index (χ0v) is 11.3. The maximum atomic E-state index is 12.4. The number of nitrogens with one attached hydrogen (secondary N) is 1. The van der Waals surface area contributed by atoms with E-state index in [9.17, 15) is 4.79 Å². The van der Waals surface area contributed by atoms with Crippen LogP contribution in [0.5, 0.6) is 0 Å². The summed E-state index contributed by atoms with van der Waals surface area (Å²) in [6, 6.07) is 0. The normalized spacial score (nSPS) is 29.8. The summed E-state index contributed by atoms with van der Waals surface area (Å²) in [6.45, 7) is 8.54. The Hall–Kier alpha value is -0.570. The fourth-order valence-electron chi connectivity index (χ4n) is 2.96. The zero-order chi connectivity index (χ0) is 12.3. The monoisotopic (exact) mass is 238 g/mol. The van der Waals surface area contributed by atoms with Crippen LogP contribution >= 0.6 is 0 Å². The smallest absolute Gasteiger partial charge is 0.226 e. The van der Waals surface area contributed by atoms with Crippen LogP contribution in [0.15, 0.2) is 0 Å². The SMILES string of the molecule is CC1(C)CCCN(C(=O)[C@H]2CCCNC2)CC1. The number of nitrogens with zero attached hydrogens (tertiary/aromatic N) is 1. The number of carbonyl (C=O) groups excluding carboxylic acids is 1. The van der Waals surface area contributed by atoms with Gasteiger partial charge in [0.15, 0.2) is 0 Å². The Labute approximate surface area is 105 Å². The van der Waals surface area contributed by atoms with Gasteiger partial charge in [0.05, 0.1) is 5.92 Å². The molecule has 0 aliphatic carbocycles. The molecule has 2 fully saturated rings. The van der Waals surface area contributed by atoms with E-state index < -0.39 is 0 Å². The molecule has 0 aromatic heterocycles. The van der Waals surface area contributed by atoms with E-state index in [1.54, 1.807) is 0 Å². The van der Waals surface area contributed by atoms with Gasteiger partial charge in [-0.15, -0.1) is 0 Å². The molecule has 0 unspecified atom stereocenters. The lowest BCUT2D eigenvalue weighted by molar-refractivity contribution is -0.136. The first kappa shape index (κ1) is 12.9. The largest absolute Gasteiger partial charge is 0.342 e. The van der Waals surface area contributed by atoms with Crippen molar-refractivity contribution in [3.05, 3.63) is 0 Å². The highest BCUT2D eigenvalue weighted by atomic mass is 16.2. The molecule has 2 aliphatic heterocycles. The molecule has 2 saturated heterocycles. The van der Waals surface area contributed by atoms with Crippen LogP contribution in [0.1, 0.15) is 46.0 Å². The maximum absolute atomic E-state index is 12.4. The summed E-state index contributed by atoms with van der Waals surface area (Å²) in [7, 11) is 0. The van der Waals surface area contributed by atoms with Crippen LogP contribution in [0.3, 0.4) is 0 Å². The van der Waals surface area contributed by atoms with Crippen molar-refractivity contribution in [2.24, 2.45) is 11.3 Å². The molecule has 98 valence electrons. The van der Waals surface area contributed by atoms with Gasteiger partial charge in [-0.05, 0) is 44.1 Å². The topological polar surface area (TPSA) is 32.3 Å². The van der Waals surface area contributed by atoms with Gasteiger partial charge in [-0.2, -0.15) is 0 Å². The Balaban J connectivity index is 1.90. The number of carbonyl (C=O) groups is 1. The third-order valence-corrected chi connectivity index (χ3v) is 4.30. The standard InChI is InChI=1S/C14H26N2O/c1-14(2)6-4-9-16(10-7-14)13(17)12-5-3-8-15-11-12/h12,15H,3-11H2,1-2H3/t12-/m0/s1. The van der Waals surface area contributed by atoms with E-state index in [1.807, 2.05) is 0 Å². The fraction of sp³-hybridized carbons (Fsp3) is 0.929. The van der Waals surface area contributed by atoms with E-state index in [0.717, 1.165) is 45.4 Å². The van der Waals surface area contributed by atoms with Crippen molar-refractivity contribution in [1.82, 2.24) is 10.2 Å². The lowest BCUT2D eigenvalue weighted by Gasteiger charge is -2.29. The first-order chi connectivity index (χ1) is 8.08. The van der Waals surface area contributed by atoms with E-state index in [-0.39, 0.29) is 5.92 Å². The van der Waals surface area contributed by atoms with Gasteiger partial charge in [-0.1, -0.05) is 13.8 Å². The minimum absolute atomic E-state index is 0.241. The molecule has 0 radical (unpaired) electrons. The Morgan fingerprint density at radius 1 is 1.24 bits per heavy atom. The van der Waals surface area contributed by atoms with Gasteiger partial charge in [0.25, 0.3) is 0 Å². The predicted octanol–water partition coefficient (Wildman–Crippen LogP) is 2.02. The molecule has 0 spiro atoms. The highest BCUT2D eigenvalue weighted by Gasteiger charge is 2.29. The molecule has 1 amide bonds. The molecule has 2 aliphatic rings. The molecular weight excluding hydrogens is 212 g/mol. The molecular formula is C14H26N2O. The molecule has 0 aromatic carbocycles. The number of rotatable bonds is 1. The van der Waals surface area contributed by atoms with Crippen molar-refractivity contribution >= 4 is 5.91 Å². The molecule has 0 aromatic rings. The second kappa shape index (κ2) is 5.38. The summed E-state index contributed by atoms with van der Waals surface area (Å²) < 4.78 is 0. The van der Waals surface area contributed by atoms with Crippen molar-refractivity contribution in [2.45, 2.75) is 46.0 Å². The summed E-state index contributed by atoms with van der Waals surface area (Å²) in [5.74, 6) is 0.639. The van der Waals surface area contributed by atoms with E-state index in [1.165, 1.54) is 12.8 Å². The summed E-state index contributed by atoms with van der Waals surface area (Å²) in [6.07, 6.45) is 5.79. The fourth-order valence-corrected chi connectivity index (χ4v) is 2.96. The third-order valence-electron chi connectivity index (χ3n) is 4.30. The van der Waals surface area contributed by atoms with Gasteiger partial charge in [0.1, 0.15) is 0 Å². The molecule has 3 heteroatoms. The Kier molecular flexibility index (Phi) is 4.08. The van der Waals surface area contributed by atoms with Crippen LogP contribution in [0, 0.1) is 11.3 Å². The maximum Gasteiger partial charge on any atom is 0.226 e. The number of likely N-dealkylation sites (tertiary alicyclic amines) is 1. The number of hydrogen-bond acceptors (Lipinski definition) is 2. The number of piperidine rings is 1. The van der Waals surface area contributed by atoms with Crippen LogP contribution < -0.4 is 5.32 Å². The van der Waals surface area contributed by atoms with Crippen LogP contribution in [-0.4, -0.2) is 37.0 Å². The minimum Gasteiger partial charge on any atom is -0.342 e. The lowest BCUT2D eigenvalue weighted by atomic mass is 9.85. The van der Waals surface area contributed by atoms with Gasteiger partial charge in [0.2, 0.25) is 5.91 Å². The summed E-state index contributed by atoms with van der Waals surface area (Å²) >= 11 is 0. The van der Waals surface area contributed by atoms with Gasteiger partial charge in [0, 0.05) is 19.6 Å². The molecule has 1 atom stereocenters. The van der Waals surface area contributed by atoms with Crippen molar-refractivity contribution in [1.29, 1.82) is 0 Å². The minimum atomic E-state index is 0.241. The summed E-state index contributed by atoms with van der Waals surface area (Å²) in [5.41, 5.74) is 0.417. The second-order valence-electron chi connectivity index (χ2n) is 6.39. The van der Waals surface area contributed by atoms with Crippen molar-refractivity contribution in [2.75, 3.05) is 26.2 Å². The van der Waals surface area contributed by atoms with Crippen LogP contribution in [0.2, 0.25) is 0 Å². The van der Waals surface area contributed by atoms with Gasteiger partial charge in [-0.3, -0.25) is 4.79 Å². The highest BCUT2D eigenvalue weighted by Crippen LogP contribution is 2.30. The lowest BCUT2D eigenvalue weighted by Crippen LogP contribution is -2.43. The van der Waals surface area contributed by atoms with E-state index >= 15 is 0 Å². The third kappa shape index (κ3) is 3.44. The predicted molar refractivity (Wildman–Crippen MR) is 69.8 cm³/mol. The first-order valence-electron chi connectivity index (χ1n) is 7.08.